The highest BCUT2D eigenvalue weighted by atomic mass is 16.5. The van der Waals surface area contributed by atoms with Gasteiger partial charge in [-0.3, -0.25) is 4.79 Å². The van der Waals surface area contributed by atoms with Gasteiger partial charge in [0.2, 0.25) is 0 Å². The van der Waals surface area contributed by atoms with Gasteiger partial charge in [0.15, 0.2) is 0 Å². The van der Waals surface area contributed by atoms with Gasteiger partial charge in [-0.05, 0) is 11.1 Å². The molecule has 0 aliphatic carbocycles. The van der Waals surface area contributed by atoms with Crippen molar-refractivity contribution in [1.29, 1.82) is 0 Å². The number of hydrogen-bond acceptors (Lipinski definition) is 2. The van der Waals surface area contributed by atoms with Gasteiger partial charge in [-0.15, -0.1) is 0 Å². The highest BCUT2D eigenvalue weighted by Crippen LogP contribution is 2.16. The minimum absolute atomic E-state index is 0.209. The first kappa shape index (κ1) is 11.5. The molecule has 0 fully saturated rings. The van der Waals surface area contributed by atoms with Gasteiger partial charge in [-0.2, -0.15) is 0 Å². The van der Waals surface area contributed by atoms with Gasteiger partial charge in [0.05, 0.1) is 6.61 Å². The van der Waals surface area contributed by atoms with Crippen molar-refractivity contribution in [2.24, 2.45) is 0 Å². The zero-order valence-electron chi connectivity index (χ0n) is 9.07. The first-order valence-corrected chi connectivity index (χ1v) is 4.91. The summed E-state index contributed by atoms with van der Waals surface area (Å²) >= 11 is 0. The lowest BCUT2D eigenvalue weighted by atomic mass is 10.0. The van der Waals surface area contributed by atoms with E-state index >= 15 is 0 Å². The molecule has 2 nitrogen and oxygen atoms in total. The van der Waals surface area contributed by atoms with Gasteiger partial charge in [-0.25, -0.2) is 0 Å². The number of benzene rings is 1. The SMILES string of the molecule is [CH]=Cc1ccc(C(C)COC(C)=O)cc1. The summed E-state index contributed by atoms with van der Waals surface area (Å²) in [6.45, 7) is 9.23. The maximum Gasteiger partial charge on any atom is 0.302 e. The van der Waals surface area contributed by atoms with Crippen LogP contribution in [0.5, 0.6) is 0 Å². The monoisotopic (exact) mass is 203 g/mol. The second-order valence-electron chi connectivity index (χ2n) is 3.54. The van der Waals surface area contributed by atoms with E-state index in [0.29, 0.717) is 6.61 Å². The Kier molecular flexibility index (Phi) is 4.10. The molecule has 0 bridgehead atoms. The van der Waals surface area contributed by atoms with E-state index in [0.717, 1.165) is 11.1 Å². The van der Waals surface area contributed by atoms with Crippen molar-refractivity contribution in [2.45, 2.75) is 19.8 Å². The van der Waals surface area contributed by atoms with E-state index < -0.39 is 0 Å². The number of ether oxygens (including phenoxy) is 1. The van der Waals surface area contributed by atoms with Crippen molar-refractivity contribution in [3.8, 4) is 0 Å². The largest absolute Gasteiger partial charge is 0.465 e. The van der Waals surface area contributed by atoms with Crippen LogP contribution >= 0.6 is 0 Å². The molecule has 2 heteroatoms. The summed E-state index contributed by atoms with van der Waals surface area (Å²) in [5.74, 6) is -0.0329. The summed E-state index contributed by atoms with van der Waals surface area (Å²) in [6.07, 6.45) is 1.56. The van der Waals surface area contributed by atoms with Crippen LogP contribution in [0.2, 0.25) is 0 Å². The standard InChI is InChI=1S/C13H15O2/c1-4-12-5-7-13(8-6-12)10(2)9-15-11(3)14/h1,4-8,10H,9H2,2-3H3. The number of carbonyl (C=O) groups is 1. The average Bonchev–Trinajstić information content (AvgIpc) is 2.26. The van der Waals surface area contributed by atoms with Crippen molar-refractivity contribution in [2.75, 3.05) is 6.61 Å². The van der Waals surface area contributed by atoms with Gasteiger partial charge in [0.25, 0.3) is 0 Å². The van der Waals surface area contributed by atoms with Crippen LogP contribution in [0.3, 0.4) is 0 Å². The quantitative estimate of drug-likeness (QED) is 0.703. The van der Waals surface area contributed by atoms with Crippen molar-refractivity contribution in [1.82, 2.24) is 0 Å². The van der Waals surface area contributed by atoms with Crippen LogP contribution in [-0.4, -0.2) is 12.6 Å². The van der Waals surface area contributed by atoms with Crippen LogP contribution in [0.4, 0.5) is 0 Å². The molecule has 0 aliphatic rings. The molecule has 1 rings (SSSR count). The Morgan fingerprint density at radius 1 is 1.47 bits per heavy atom. The first-order chi connectivity index (χ1) is 7.13. The lowest BCUT2D eigenvalue weighted by Crippen LogP contribution is -2.07. The zero-order chi connectivity index (χ0) is 11.3. The Bertz CT molecular complexity index is 338. The van der Waals surface area contributed by atoms with Crippen LogP contribution in [0.25, 0.3) is 6.08 Å². The molecule has 0 amide bonds. The molecule has 1 atom stereocenters. The molecule has 0 aliphatic heterocycles. The van der Waals surface area contributed by atoms with E-state index in [1.54, 1.807) is 6.08 Å². The van der Waals surface area contributed by atoms with Crippen LogP contribution in [0.1, 0.15) is 30.9 Å². The van der Waals surface area contributed by atoms with Gasteiger partial charge in [0.1, 0.15) is 0 Å². The minimum atomic E-state index is -0.242. The topological polar surface area (TPSA) is 26.3 Å². The van der Waals surface area contributed by atoms with Crippen molar-refractivity contribution < 1.29 is 9.53 Å². The Balaban J connectivity index is 2.61. The molecule has 0 N–H and O–H groups in total. The lowest BCUT2D eigenvalue weighted by molar-refractivity contribution is -0.141. The zero-order valence-corrected chi connectivity index (χ0v) is 9.07. The summed E-state index contributed by atoms with van der Waals surface area (Å²) in [4.78, 5) is 10.6. The number of carbonyl (C=O) groups excluding carboxylic acids is 1. The first-order valence-electron chi connectivity index (χ1n) is 4.91. The van der Waals surface area contributed by atoms with Crippen molar-refractivity contribution in [3.63, 3.8) is 0 Å². The predicted octanol–water partition coefficient (Wildman–Crippen LogP) is 2.80. The smallest absolute Gasteiger partial charge is 0.302 e. The average molecular weight is 203 g/mol. The van der Waals surface area contributed by atoms with E-state index in [2.05, 4.69) is 0 Å². The molecule has 1 unspecified atom stereocenters. The van der Waals surface area contributed by atoms with Gasteiger partial charge < -0.3 is 4.74 Å². The maximum atomic E-state index is 10.6. The summed E-state index contributed by atoms with van der Waals surface area (Å²) in [6, 6.07) is 7.87. The molecular formula is C13H15O2. The second-order valence-corrected chi connectivity index (χ2v) is 3.54. The van der Waals surface area contributed by atoms with E-state index in [9.17, 15) is 4.79 Å². The fraction of sp³-hybridized carbons (Fsp3) is 0.308. The summed E-state index contributed by atoms with van der Waals surface area (Å²) in [5, 5.41) is 0. The lowest BCUT2D eigenvalue weighted by Gasteiger charge is -2.11. The molecular weight excluding hydrogens is 188 g/mol. The highest BCUT2D eigenvalue weighted by Gasteiger charge is 2.06. The molecule has 0 saturated heterocycles. The third-order valence-electron chi connectivity index (χ3n) is 2.23. The van der Waals surface area contributed by atoms with Gasteiger partial charge >= 0.3 is 5.97 Å². The van der Waals surface area contributed by atoms with Crippen LogP contribution in [0.15, 0.2) is 24.3 Å². The minimum Gasteiger partial charge on any atom is -0.465 e. The molecule has 0 aromatic heterocycles. The van der Waals surface area contributed by atoms with Crippen LogP contribution < -0.4 is 0 Å². The highest BCUT2D eigenvalue weighted by molar-refractivity contribution is 5.65. The normalized spacial score (nSPS) is 11.9. The molecule has 1 aromatic carbocycles. The molecule has 0 spiro atoms. The van der Waals surface area contributed by atoms with E-state index in [-0.39, 0.29) is 11.9 Å². The Morgan fingerprint density at radius 3 is 2.53 bits per heavy atom. The molecule has 0 saturated carbocycles. The molecule has 1 radical (unpaired) electrons. The van der Waals surface area contributed by atoms with E-state index in [1.807, 2.05) is 31.2 Å². The van der Waals surface area contributed by atoms with Crippen molar-refractivity contribution >= 4 is 12.0 Å². The molecule has 15 heavy (non-hydrogen) atoms. The van der Waals surface area contributed by atoms with Gasteiger partial charge in [-0.1, -0.05) is 43.8 Å². The Morgan fingerprint density at radius 2 is 2.07 bits per heavy atom. The van der Waals surface area contributed by atoms with Crippen LogP contribution in [0, 0.1) is 6.58 Å². The molecule has 79 valence electrons. The van der Waals surface area contributed by atoms with E-state index in [4.69, 9.17) is 11.3 Å². The number of rotatable bonds is 4. The Labute approximate surface area is 90.6 Å². The van der Waals surface area contributed by atoms with E-state index in [1.165, 1.54) is 6.92 Å². The third-order valence-corrected chi connectivity index (χ3v) is 2.23. The number of esters is 1. The summed E-state index contributed by atoms with van der Waals surface area (Å²) < 4.78 is 4.94. The van der Waals surface area contributed by atoms with Crippen molar-refractivity contribution in [3.05, 3.63) is 42.0 Å². The predicted molar refractivity (Wildman–Crippen MR) is 60.3 cm³/mol. The van der Waals surface area contributed by atoms with Gasteiger partial charge in [0, 0.05) is 12.8 Å². The fourth-order valence-electron chi connectivity index (χ4n) is 1.27. The molecule has 0 heterocycles. The van der Waals surface area contributed by atoms with Crippen LogP contribution in [-0.2, 0) is 9.53 Å². The number of hydrogen-bond donors (Lipinski definition) is 0. The fourth-order valence-corrected chi connectivity index (χ4v) is 1.27. The third kappa shape index (κ3) is 3.58. The summed E-state index contributed by atoms with van der Waals surface area (Å²) in [5.41, 5.74) is 2.13. The second kappa shape index (κ2) is 5.35. The molecule has 1 aromatic rings. The Hall–Kier alpha value is -1.57. The summed E-state index contributed by atoms with van der Waals surface area (Å²) in [7, 11) is 0. The maximum absolute atomic E-state index is 10.6.